The lowest BCUT2D eigenvalue weighted by molar-refractivity contribution is -0.119. The van der Waals surface area contributed by atoms with Gasteiger partial charge >= 0.3 is 0 Å². The molecule has 0 spiro atoms. The highest BCUT2D eigenvalue weighted by molar-refractivity contribution is 7.90. The number of carbonyl (C=O) groups excluding carboxylic acids is 1. The molecule has 5 rings (SSSR count). The maximum Gasteiger partial charge on any atom is 0.256 e. The molecule has 5 nitrogen and oxygen atoms in total. The Bertz CT molecular complexity index is 1690. The van der Waals surface area contributed by atoms with Crippen molar-refractivity contribution in [2.75, 3.05) is 11.3 Å². The molecule has 0 radical (unpaired) electrons. The molecule has 1 aliphatic rings. The summed E-state index contributed by atoms with van der Waals surface area (Å²) in [5.41, 5.74) is 2.78. The van der Waals surface area contributed by atoms with Gasteiger partial charge in [0.25, 0.3) is 5.91 Å². The molecule has 0 saturated carbocycles. The van der Waals surface area contributed by atoms with E-state index in [2.05, 4.69) is 90.0 Å². The van der Waals surface area contributed by atoms with Gasteiger partial charge in [0.1, 0.15) is 0 Å². The fraction of sp³-hybridized carbons (Fsp3) is 0.333. The van der Waals surface area contributed by atoms with Crippen LogP contribution in [0.2, 0.25) is 0 Å². The van der Waals surface area contributed by atoms with Crippen LogP contribution in [0.3, 0.4) is 0 Å². The van der Waals surface area contributed by atoms with Gasteiger partial charge in [-0.05, 0) is 73.8 Å². The number of aryl methyl sites for hydroxylation is 1. The molecule has 0 aromatic heterocycles. The zero-order valence-electron chi connectivity index (χ0n) is 27.0. The molecule has 0 aliphatic carbocycles. The topological polar surface area (TPSA) is 66.8 Å². The highest BCUT2D eigenvalue weighted by Gasteiger charge is 2.34. The summed E-state index contributed by atoms with van der Waals surface area (Å²) in [6.07, 6.45) is 12.5. The van der Waals surface area contributed by atoms with E-state index < -0.39 is 17.8 Å². The Balaban J connectivity index is 1.02. The van der Waals surface area contributed by atoms with Crippen LogP contribution in [0.4, 0.5) is 5.69 Å². The predicted molar refractivity (Wildman–Crippen MR) is 194 cm³/mol. The molecule has 1 aliphatic heterocycles. The second-order valence-electron chi connectivity index (χ2n) is 12.2. The zero-order valence-corrected chi connectivity index (χ0v) is 28.7. The Kier molecular flexibility index (Phi) is 12.0. The van der Waals surface area contributed by atoms with Crippen LogP contribution in [-0.4, -0.2) is 26.3 Å². The van der Waals surface area contributed by atoms with Crippen molar-refractivity contribution in [3.63, 3.8) is 0 Å². The summed E-state index contributed by atoms with van der Waals surface area (Å²) in [4.78, 5) is 13.3. The number of hydrazone groups is 1. The third kappa shape index (κ3) is 8.80. The summed E-state index contributed by atoms with van der Waals surface area (Å²) in [5, 5.41) is 10.1. The van der Waals surface area contributed by atoms with E-state index in [0.29, 0.717) is 5.69 Å². The van der Waals surface area contributed by atoms with Crippen LogP contribution in [0.15, 0.2) is 119 Å². The van der Waals surface area contributed by atoms with Crippen molar-refractivity contribution in [1.29, 1.82) is 0 Å². The molecule has 1 atom stereocenters. The summed E-state index contributed by atoms with van der Waals surface area (Å²) >= 11 is 0. The fourth-order valence-electron chi connectivity index (χ4n) is 6.21. The third-order valence-electron chi connectivity index (χ3n) is 8.71. The van der Waals surface area contributed by atoms with Crippen molar-refractivity contribution in [3.8, 4) is 0 Å². The van der Waals surface area contributed by atoms with Crippen LogP contribution in [-0.2, 0) is 21.1 Å². The molecular weight excluding hydrogens is 607 g/mol. The Hall–Kier alpha value is -3.60. The summed E-state index contributed by atoms with van der Waals surface area (Å²) in [7, 11) is -3.94. The van der Waals surface area contributed by atoms with Crippen molar-refractivity contribution in [2.24, 2.45) is 11.0 Å². The van der Waals surface area contributed by atoms with E-state index in [9.17, 15) is 13.2 Å². The van der Waals surface area contributed by atoms with Crippen molar-refractivity contribution in [3.05, 3.63) is 115 Å². The number of hydrogen-bond donors (Lipinski definition) is 0. The minimum atomic E-state index is -3.35. The second kappa shape index (κ2) is 16.3. The summed E-state index contributed by atoms with van der Waals surface area (Å²) in [6, 6.07) is 37.4. The van der Waals surface area contributed by atoms with Gasteiger partial charge < -0.3 is 0 Å². The third-order valence-corrected chi connectivity index (χ3v) is 12.4. The van der Waals surface area contributed by atoms with Gasteiger partial charge in [-0.15, -0.1) is 0 Å². The van der Waals surface area contributed by atoms with Gasteiger partial charge in [-0.1, -0.05) is 136 Å². The Morgan fingerprint density at radius 3 is 1.89 bits per heavy atom. The van der Waals surface area contributed by atoms with E-state index in [1.807, 2.05) is 6.92 Å². The lowest BCUT2D eigenvalue weighted by atomic mass is 9.96. The second-order valence-corrected chi connectivity index (χ2v) is 16.4. The molecule has 1 unspecified atom stereocenters. The number of benzene rings is 4. The maximum atomic E-state index is 13.1. The Morgan fingerprint density at radius 2 is 1.26 bits per heavy atom. The normalized spacial score (nSPS) is 15.0. The van der Waals surface area contributed by atoms with Gasteiger partial charge in [-0.2, -0.15) is 5.10 Å². The van der Waals surface area contributed by atoms with Gasteiger partial charge in [0.05, 0.1) is 16.5 Å². The quantitative estimate of drug-likeness (QED) is 0.0912. The number of rotatable bonds is 16. The predicted octanol–water partition coefficient (Wildman–Crippen LogP) is 7.94. The van der Waals surface area contributed by atoms with E-state index in [1.165, 1.54) is 77.3 Å². The molecule has 46 heavy (non-hydrogen) atoms. The maximum absolute atomic E-state index is 13.1. The van der Waals surface area contributed by atoms with E-state index in [1.54, 1.807) is 18.2 Å². The Labute approximate surface area is 276 Å². The van der Waals surface area contributed by atoms with Crippen molar-refractivity contribution >= 4 is 51.0 Å². The van der Waals surface area contributed by atoms with Crippen molar-refractivity contribution in [2.45, 2.75) is 76.0 Å². The van der Waals surface area contributed by atoms with E-state index >= 15 is 0 Å². The summed E-state index contributed by atoms with van der Waals surface area (Å²) in [5.74, 6) is -0.292. The molecule has 0 saturated heterocycles. The van der Waals surface area contributed by atoms with Gasteiger partial charge in [0.15, 0.2) is 9.84 Å². The molecule has 4 aromatic carbocycles. The van der Waals surface area contributed by atoms with Crippen LogP contribution in [0.5, 0.6) is 0 Å². The van der Waals surface area contributed by atoms with Crippen LogP contribution in [0.25, 0.3) is 0 Å². The minimum absolute atomic E-state index is 0.0650. The van der Waals surface area contributed by atoms with Gasteiger partial charge in [0.2, 0.25) is 0 Å². The molecule has 0 bridgehead atoms. The number of sulfone groups is 1. The summed E-state index contributed by atoms with van der Waals surface area (Å²) < 4.78 is 23.9. The average Bonchev–Trinajstić information content (AvgIpc) is 3.35. The van der Waals surface area contributed by atoms with Gasteiger partial charge in [-0.3, -0.25) is 4.79 Å². The molecule has 0 N–H and O–H groups in total. The molecule has 4 aromatic rings. The molecule has 1 heterocycles. The highest BCUT2D eigenvalue weighted by atomic mass is 32.2. The van der Waals surface area contributed by atoms with E-state index in [-0.39, 0.29) is 16.7 Å². The molecule has 0 fully saturated rings. The zero-order chi connectivity index (χ0) is 32.4. The Morgan fingerprint density at radius 1 is 0.696 bits per heavy atom. The van der Waals surface area contributed by atoms with E-state index in [0.717, 1.165) is 31.4 Å². The SMILES string of the molecule is CC1=NN(c2cccc(S(C)(=O)=O)c2)C(=O)C1CCCCCCCCCCc1ccccc1P(c1ccccc1)c1ccccc1. The van der Waals surface area contributed by atoms with Gasteiger partial charge in [-0.25, -0.2) is 13.4 Å². The van der Waals surface area contributed by atoms with Crippen LogP contribution >= 0.6 is 7.92 Å². The first-order valence-corrected chi connectivity index (χ1v) is 19.7. The number of amides is 1. The van der Waals surface area contributed by atoms with Crippen LogP contribution in [0, 0.1) is 5.92 Å². The van der Waals surface area contributed by atoms with Crippen molar-refractivity contribution < 1.29 is 13.2 Å². The standard InChI is InChI=1S/C39H45N2O3PS/c1-31-37(39(42)41(40-31)33-22-19-27-36(30-33)46(2,43)44)28-16-8-6-4-3-5-7-11-20-32-21-17-18-29-38(32)45(34-23-12-9-13-24-34)35-25-14-10-15-26-35/h9-10,12-15,17-19,21-27,29-30,37H,3-8,11,16,20,28H2,1-2H3. The number of anilines is 1. The number of carbonyl (C=O) groups is 1. The van der Waals surface area contributed by atoms with Gasteiger partial charge in [0, 0.05) is 12.0 Å². The highest BCUT2D eigenvalue weighted by Crippen LogP contribution is 2.34. The average molecular weight is 653 g/mol. The lowest BCUT2D eigenvalue weighted by Gasteiger charge is -2.22. The van der Waals surface area contributed by atoms with Crippen LogP contribution < -0.4 is 20.9 Å². The fourth-order valence-corrected chi connectivity index (χ4v) is 9.38. The van der Waals surface area contributed by atoms with Crippen molar-refractivity contribution in [1.82, 2.24) is 0 Å². The number of nitrogens with zero attached hydrogens (tertiary/aromatic N) is 2. The molecule has 7 heteroatoms. The molecule has 240 valence electrons. The first kappa shape index (κ1) is 33.8. The summed E-state index contributed by atoms with van der Waals surface area (Å²) in [6.45, 7) is 1.89. The minimum Gasteiger partial charge on any atom is -0.272 e. The smallest absolute Gasteiger partial charge is 0.256 e. The number of unbranched alkanes of at least 4 members (excludes halogenated alkanes) is 7. The molecular formula is C39H45N2O3PS. The number of hydrogen-bond acceptors (Lipinski definition) is 4. The lowest BCUT2D eigenvalue weighted by Crippen LogP contribution is -2.27. The first-order valence-electron chi connectivity index (χ1n) is 16.5. The monoisotopic (exact) mass is 652 g/mol. The molecule has 1 amide bonds. The first-order chi connectivity index (χ1) is 22.3. The van der Waals surface area contributed by atoms with Crippen LogP contribution in [0.1, 0.15) is 70.3 Å². The largest absolute Gasteiger partial charge is 0.272 e. The van der Waals surface area contributed by atoms with E-state index in [4.69, 9.17) is 0 Å².